The summed E-state index contributed by atoms with van der Waals surface area (Å²) >= 11 is 0. The van der Waals surface area contributed by atoms with Crippen molar-refractivity contribution in [2.75, 3.05) is 19.8 Å². The fourth-order valence-corrected chi connectivity index (χ4v) is 3.88. The third-order valence-electron chi connectivity index (χ3n) is 4.09. The van der Waals surface area contributed by atoms with Crippen LogP contribution in [0.3, 0.4) is 0 Å². The molecular formula is C19H19NO6S. The van der Waals surface area contributed by atoms with Gasteiger partial charge in [-0.05, 0) is 43.7 Å². The van der Waals surface area contributed by atoms with Gasteiger partial charge < -0.3 is 4.74 Å². The number of benzene rings is 2. The fraction of sp³-hybridized carbons (Fsp3) is 0.263. The van der Waals surface area contributed by atoms with E-state index < -0.39 is 10.1 Å². The van der Waals surface area contributed by atoms with E-state index in [1.807, 2.05) is 0 Å². The van der Waals surface area contributed by atoms with Crippen molar-refractivity contribution >= 4 is 21.9 Å². The molecular weight excluding hydrogens is 370 g/mol. The van der Waals surface area contributed by atoms with Crippen LogP contribution in [0.25, 0.3) is 0 Å². The zero-order valence-electron chi connectivity index (χ0n) is 15.0. The molecule has 0 bridgehead atoms. The van der Waals surface area contributed by atoms with Crippen LogP contribution in [0.4, 0.5) is 0 Å². The van der Waals surface area contributed by atoms with Crippen molar-refractivity contribution in [3.05, 3.63) is 59.2 Å². The molecule has 0 spiro atoms. The molecule has 0 aromatic heterocycles. The monoisotopic (exact) mass is 389 g/mol. The number of aryl methyl sites for hydroxylation is 1. The molecule has 1 aliphatic rings. The van der Waals surface area contributed by atoms with Crippen LogP contribution in [-0.2, 0) is 14.3 Å². The predicted octanol–water partition coefficient (Wildman–Crippen LogP) is 2.40. The SMILES string of the molecule is CCOS(=O)(=O)c1ccc(C)cc1OCCN1C(=O)c2ccccc2C1=O. The predicted molar refractivity (Wildman–Crippen MR) is 97.3 cm³/mol. The molecule has 0 fully saturated rings. The van der Waals surface area contributed by atoms with Gasteiger partial charge in [0.1, 0.15) is 17.3 Å². The standard InChI is InChI=1S/C19H19NO6S/c1-3-26-27(23,24)17-9-8-13(2)12-16(17)25-11-10-20-18(21)14-6-4-5-7-15(14)19(20)22/h4-9,12H,3,10-11H2,1-2H3. The molecule has 0 atom stereocenters. The van der Waals surface area contributed by atoms with Gasteiger partial charge in [-0.1, -0.05) is 18.2 Å². The van der Waals surface area contributed by atoms with Crippen LogP contribution in [-0.4, -0.2) is 44.9 Å². The maximum Gasteiger partial charge on any atom is 0.300 e. The number of nitrogens with zero attached hydrogens (tertiary/aromatic N) is 1. The Bertz CT molecular complexity index is 964. The van der Waals surface area contributed by atoms with Crippen molar-refractivity contribution in [1.29, 1.82) is 0 Å². The Morgan fingerprint density at radius 1 is 1.00 bits per heavy atom. The van der Waals surface area contributed by atoms with Crippen molar-refractivity contribution in [2.45, 2.75) is 18.7 Å². The molecule has 8 heteroatoms. The van der Waals surface area contributed by atoms with Gasteiger partial charge in [-0.3, -0.25) is 18.7 Å². The molecule has 0 saturated carbocycles. The van der Waals surface area contributed by atoms with E-state index in [0.717, 1.165) is 10.5 Å². The number of hydrogen-bond donors (Lipinski definition) is 0. The molecule has 2 amide bonds. The van der Waals surface area contributed by atoms with Gasteiger partial charge in [0, 0.05) is 0 Å². The molecule has 1 aliphatic heterocycles. The summed E-state index contributed by atoms with van der Waals surface area (Å²) in [4.78, 5) is 25.7. The summed E-state index contributed by atoms with van der Waals surface area (Å²) in [5, 5.41) is 0. The smallest absolute Gasteiger partial charge is 0.300 e. The average molecular weight is 389 g/mol. The fourth-order valence-electron chi connectivity index (χ4n) is 2.84. The van der Waals surface area contributed by atoms with Crippen LogP contribution >= 0.6 is 0 Å². The van der Waals surface area contributed by atoms with Gasteiger partial charge >= 0.3 is 10.1 Å². The average Bonchev–Trinajstić information content (AvgIpc) is 2.87. The van der Waals surface area contributed by atoms with Gasteiger partial charge in [0.15, 0.2) is 0 Å². The molecule has 0 aliphatic carbocycles. The first-order valence-electron chi connectivity index (χ1n) is 8.43. The lowest BCUT2D eigenvalue weighted by Gasteiger charge is -2.16. The van der Waals surface area contributed by atoms with Crippen LogP contribution < -0.4 is 4.74 Å². The lowest BCUT2D eigenvalue weighted by molar-refractivity contribution is 0.0630. The number of rotatable bonds is 7. The second-order valence-electron chi connectivity index (χ2n) is 5.97. The number of carbonyl (C=O) groups is 2. The Hall–Kier alpha value is -2.71. The molecule has 1 heterocycles. The van der Waals surface area contributed by atoms with Gasteiger partial charge in [-0.2, -0.15) is 8.42 Å². The highest BCUT2D eigenvalue weighted by molar-refractivity contribution is 7.86. The third kappa shape index (κ3) is 3.72. The van der Waals surface area contributed by atoms with Crippen molar-refractivity contribution in [3.8, 4) is 5.75 Å². The van der Waals surface area contributed by atoms with Crippen LogP contribution in [0.1, 0.15) is 33.2 Å². The summed E-state index contributed by atoms with van der Waals surface area (Å²) in [6, 6.07) is 11.2. The van der Waals surface area contributed by atoms with E-state index in [9.17, 15) is 18.0 Å². The largest absolute Gasteiger partial charge is 0.490 e. The van der Waals surface area contributed by atoms with E-state index in [1.165, 1.54) is 6.07 Å². The lowest BCUT2D eigenvalue weighted by atomic mass is 10.1. The first kappa shape index (κ1) is 19.1. The highest BCUT2D eigenvalue weighted by Crippen LogP contribution is 2.27. The Kier molecular flexibility index (Phi) is 5.29. The van der Waals surface area contributed by atoms with E-state index in [2.05, 4.69) is 0 Å². The number of imide groups is 1. The lowest BCUT2D eigenvalue weighted by Crippen LogP contribution is -2.33. The van der Waals surface area contributed by atoms with Crippen molar-refractivity contribution in [1.82, 2.24) is 4.90 Å². The van der Waals surface area contributed by atoms with E-state index in [1.54, 1.807) is 50.2 Å². The quantitative estimate of drug-likeness (QED) is 0.534. The molecule has 0 N–H and O–H groups in total. The first-order chi connectivity index (χ1) is 12.8. The number of carbonyl (C=O) groups excluding carboxylic acids is 2. The van der Waals surface area contributed by atoms with Gasteiger partial charge in [0.05, 0.1) is 24.3 Å². The van der Waals surface area contributed by atoms with Crippen molar-refractivity contribution in [3.63, 3.8) is 0 Å². The maximum atomic E-state index is 12.3. The Morgan fingerprint density at radius 3 is 2.22 bits per heavy atom. The summed E-state index contributed by atoms with van der Waals surface area (Å²) in [5.41, 5.74) is 1.52. The summed E-state index contributed by atoms with van der Waals surface area (Å²) in [7, 11) is -3.94. The van der Waals surface area contributed by atoms with Crippen LogP contribution in [0.2, 0.25) is 0 Å². The number of fused-ring (bicyclic) bond motifs is 1. The van der Waals surface area contributed by atoms with Crippen molar-refractivity contribution in [2.24, 2.45) is 0 Å². The Balaban J connectivity index is 1.74. The minimum absolute atomic E-state index is 0.00465. The highest BCUT2D eigenvalue weighted by Gasteiger charge is 2.34. The molecule has 7 nitrogen and oxygen atoms in total. The molecule has 3 rings (SSSR count). The molecule has 142 valence electrons. The van der Waals surface area contributed by atoms with E-state index in [-0.39, 0.29) is 42.2 Å². The first-order valence-corrected chi connectivity index (χ1v) is 9.84. The molecule has 2 aromatic rings. The molecule has 2 aromatic carbocycles. The number of hydrogen-bond acceptors (Lipinski definition) is 6. The van der Waals surface area contributed by atoms with Gasteiger partial charge in [0.25, 0.3) is 11.8 Å². The van der Waals surface area contributed by atoms with Gasteiger partial charge in [0.2, 0.25) is 0 Å². The minimum Gasteiger partial charge on any atom is -0.490 e. The molecule has 0 radical (unpaired) electrons. The Labute approximate surface area is 157 Å². The highest BCUT2D eigenvalue weighted by atomic mass is 32.2. The van der Waals surface area contributed by atoms with Gasteiger partial charge in [-0.15, -0.1) is 0 Å². The summed E-state index contributed by atoms with van der Waals surface area (Å²) < 4.78 is 34.9. The van der Waals surface area contributed by atoms with Crippen LogP contribution in [0, 0.1) is 6.92 Å². The normalized spacial score (nSPS) is 13.8. The minimum atomic E-state index is -3.94. The van der Waals surface area contributed by atoms with E-state index >= 15 is 0 Å². The topological polar surface area (TPSA) is 90.0 Å². The second-order valence-corrected chi connectivity index (χ2v) is 7.55. The number of amides is 2. The van der Waals surface area contributed by atoms with E-state index in [0.29, 0.717) is 11.1 Å². The van der Waals surface area contributed by atoms with Crippen molar-refractivity contribution < 1.29 is 26.9 Å². The zero-order chi connectivity index (χ0) is 19.6. The second kappa shape index (κ2) is 7.50. The van der Waals surface area contributed by atoms with E-state index in [4.69, 9.17) is 8.92 Å². The van der Waals surface area contributed by atoms with Crippen LogP contribution in [0.5, 0.6) is 5.75 Å². The third-order valence-corrected chi connectivity index (χ3v) is 5.51. The summed E-state index contributed by atoms with van der Waals surface area (Å²) in [6.07, 6.45) is 0. The molecule has 27 heavy (non-hydrogen) atoms. The summed E-state index contributed by atoms with van der Waals surface area (Å²) in [5.74, 6) is -0.642. The zero-order valence-corrected chi connectivity index (χ0v) is 15.8. The number of ether oxygens (including phenoxy) is 1. The molecule has 0 unspecified atom stereocenters. The molecule has 0 saturated heterocycles. The maximum absolute atomic E-state index is 12.3. The Morgan fingerprint density at radius 2 is 1.63 bits per heavy atom. The summed E-state index contributed by atoms with van der Waals surface area (Å²) in [6.45, 7) is 3.35. The van der Waals surface area contributed by atoms with Crippen LogP contribution in [0.15, 0.2) is 47.4 Å². The van der Waals surface area contributed by atoms with Gasteiger partial charge in [-0.25, -0.2) is 0 Å².